The second-order valence-corrected chi connectivity index (χ2v) is 3.72. The molecule has 0 aliphatic carbocycles. The summed E-state index contributed by atoms with van der Waals surface area (Å²) in [6.45, 7) is 2.03. The number of rotatable bonds is 5. The van der Waals surface area contributed by atoms with E-state index >= 15 is 0 Å². The Morgan fingerprint density at radius 3 is 2.76 bits per heavy atom. The van der Waals surface area contributed by atoms with Crippen molar-refractivity contribution in [3.63, 3.8) is 0 Å². The first kappa shape index (κ1) is 13.2. The first-order chi connectivity index (χ1) is 8.17. The van der Waals surface area contributed by atoms with Crippen molar-refractivity contribution in [1.29, 1.82) is 0 Å². The van der Waals surface area contributed by atoms with E-state index in [2.05, 4.69) is 10.1 Å². The van der Waals surface area contributed by atoms with Crippen molar-refractivity contribution in [3.8, 4) is 0 Å². The highest BCUT2D eigenvalue weighted by molar-refractivity contribution is 5.94. The summed E-state index contributed by atoms with van der Waals surface area (Å²) in [4.78, 5) is 22.8. The summed E-state index contributed by atoms with van der Waals surface area (Å²) in [6, 6.07) is 6.71. The number of hydrogen-bond acceptors (Lipinski definition) is 3. The summed E-state index contributed by atoms with van der Waals surface area (Å²) in [5.41, 5.74) is 1.05. The number of methoxy groups -OCH3 is 1. The van der Waals surface area contributed by atoms with E-state index in [1.807, 2.05) is 6.92 Å². The molecule has 1 aromatic rings. The molecule has 0 saturated heterocycles. The molecule has 4 nitrogen and oxygen atoms in total. The van der Waals surface area contributed by atoms with E-state index in [1.54, 1.807) is 24.3 Å². The smallest absolute Gasteiger partial charge is 0.337 e. The number of nitrogens with one attached hydrogen (secondary N) is 1. The molecule has 1 aromatic carbocycles. The van der Waals surface area contributed by atoms with Crippen LogP contribution in [0.15, 0.2) is 24.3 Å². The molecule has 0 atom stereocenters. The Balaban J connectivity index is 2.65. The fourth-order valence-electron chi connectivity index (χ4n) is 1.40. The standard InChI is InChI=1S/C13H17NO3/c1-3-4-8-12(15)14-11-7-5-6-10(9-11)13(16)17-2/h5-7,9H,3-4,8H2,1-2H3,(H,14,15). The Bertz CT molecular complexity index is 401. The molecule has 0 aromatic heterocycles. The van der Waals surface area contributed by atoms with Gasteiger partial charge in [0.25, 0.3) is 0 Å². The molecule has 0 heterocycles. The van der Waals surface area contributed by atoms with Crippen LogP contribution in [0.3, 0.4) is 0 Å². The molecule has 1 N–H and O–H groups in total. The lowest BCUT2D eigenvalue weighted by atomic mass is 10.2. The van der Waals surface area contributed by atoms with Gasteiger partial charge in [0, 0.05) is 12.1 Å². The number of unbranched alkanes of at least 4 members (excludes halogenated alkanes) is 1. The summed E-state index contributed by atoms with van der Waals surface area (Å²) in [7, 11) is 1.33. The van der Waals surface area contributed by atoms with Gasteiger partial charge in [-0.2, -0.15) is 0 Å². The quantitative estimate of drug-likeness (QED) is 0.798. The zero-order chi connectivity index (χ0) is 12.7. The third kappa shape index (κ3) is 4.26. The molecule has 0 spiro atoms. The van der Waals surface area contributed by atoms with Gasteiger partial charge in [-0.15, -0.1) is 0 Å². The number of amides is 1. The van der Waals surface area contributed by atoms with Crippen LogP contribution >= 0.6 is 0 Å². The molecule has 0 saturated carbocycles. The maximum absolute atomic E-state index is 11.5. The predicted octanol–water partition coefficient (Wildman–Crippen LogP) is 2.60. The van der Waals surface area contributed by atoms with E-state index in [0.29, 0.717) is 17.7 Å². The van der Waals surface area contributed by atoms with Crippen LogP contribution in [0.4, 0.5) is 5.69 Å². The Kier molecular flexibility index (Phi) is 5.20. The second kappa shape index (κ2) is 6.68. The molecule has 0 bridgehead atoms. The van der Waals surface area contributed by atoms with Gasteiger partial charge >= 0.3 is 5.97 Å². The summed E-state index contributed by atoms with van der Waals surface area (Å²) >= 11 is 0. The molecule has 0 fully saturated rings. The van der Waals surface area contributed by atoms with Crippen LogP contribution in [0.25, 0.3) is 0 Å². The van der Waals surface area contributed by atoms with Gasteiger partial charge in [0.1, 0.15) is 0 Å². The van der Waals surface area contributed by atoms with Crippen molar-refractivity contribution in [1.82, 2.24) is 0 Å². The van der Waals surface area contributed by atoms with E-state index < -0.39 is 5.97 Å². The number of benzene rings is 1. The van der Waals surface area contributed by atoms with Gasteiger partial charge in [-0.3, -0.25) is 4.79 Å². The minimum Gasteiger partial charge on any atom is -0.465 e. The van der Waals surface area contributed by atoms with Crippen molar-refractivity contribution >= 4 is 17.6 Å². The van der Waals surface area contributed by atoms with Crippen molar-refractivity contribution in [2.45, 2.75) is 26.2 Å². The van der Waals surface area contributed by atoms with Gasteiger partial charge in [-0.25, -0.2) is 4.79 Å². The van der Waals surface area contributed by atoms with Gasteiger partial charge in [-0.05, 0) is 24.6 Å². The lowest BCUT2D eigenvalue weighted by Crippen LogP contribution is -2.11. The molecule has 0 unspecified atom stereocenters. The molecule has 0 radical (unpaired) electrons. The van der Waals surface area contributed by atoms with Gasteiger partial charge in [0.05, 0.1) is 12.7 Å². The van der Waals surface area contributed by atoms with Crippen LogP contribution in [0.2, 0.25) is 0 Å². The average molecular weight is 235 g/mol. The van der Waals surface area contributed by atoms with Crippen molar-refractivity contribution in [2.24, 2.45) is 0 Å². The molecular formula is C13H17NO3. The van der Waals surface area contributed by atoms with Crippen molar-refractivity contribution < 1.29 is 14.3 Å². The largest absolute Gasteiger partial charge is 0.465 e. The molecule has 4 heteroatoms. The first-order valence-electron chi connectivity index (χ1n) is 5.65. The molecule has 17 heavy (non-hydrogen) atoms. The minimum atomic E-state index is -0.408. The van der Waals surface area contributed by atoms with E-state index in [-0.39, 0.29) is 5.91 Å². The van der Waals surface area contributed by atoms with E-state index in [4.69, 9.17) is 0 Å². The van der Waals surface area contributed by atoms with Crippen LogP contribution in [0.5, 0.6) is 0 Å². The van der Waals surface area contributed by atoms with Crippen LogP contribution in [0, 0.1) is 0 Å². The molecule has 1 amide bonds. The number of esters is 1. The number of ether oxygens (including phenoxy) is 1. The highest BCUT2D eigenvalue weighted by Crippen LogP contribution is 2.12. The van der Waals surface area contributed by atoms with Crippen molar-refractivity contribution in [3.05, 3.63) is 29.8 Å². The number of carbonyl (C=O) groups excluding carboxylic acids is 2. The number of anilines is 1. The third-order valence-electron chi connectivity index (χ3n) is 2.32. The SMILES string of the molecule is CCCCC(=O)Nc1cccc(C(=O)OC)c1. The van der Waals surface area contributed by atoms with Crippen LogP contribution < -0.4 is 5.32 Å². The first-order valence-corrected chi connectivity index (χ1v) is 5.65. The molecule has 92 valence electrons. The second-order valence-electron chi connectivity index (χ2n) is 3.72. The lowest BCUT2D eigenvalue weighted by Gasteiger charge is -2.06. The third-order valence-corrected chi connectivity index (χ3v) is 2.32. The fourth-order valence-corrected chi connectivity index (χ4v) is 1.40. The van der Waals surface area contributed by atoms with E-state index in [9.17, 15) is 9.59 Å². The van der Waals surface area contributed by atoms with Gasteiger partial charge in [0.15, 0.2) is 0 Å². The highest BCUT2D eigenvalue weighted by atomic mass is 16.5. The maximum Gasteiger partial charge on any atom is 0.337 e. The Labute approximate surface area is 101 Å². The zero-order valence-corrected chi connectivity index (χ0v) is 10.2. The summed E-state index contributed by atoms with van der Waals surface area (Å²) in [5.74, 6) is -0.441. The van der Waals surface area contributed by atoms with Crippen LogP contribution in [0.1, 0.15) is 36.5 Å². The lowest BCUT2D eigenvalue weighted by molar-refractivity contribution is -0.116. The average Bonchev–Trinajstić information content (AvgIpc) is 2.35. The summed E-state index contributed by atoms with van der Waals surface area (Å²) in [6.07, 6.45) is 2.34. The number of carbonyl (C=O) groups is 2. The Morgan fingerprint density at radius 2 is 2.12 bits per heavy atom. The molecule has 1 rings (SSSR count). The molecular weight excluding hydrogens is 218 g/mol. The monoisotopic (exact) mass is 235 g/mol. The highest BCUT2D eigenvalue weighted by Gasteiger charge is 2.07. The van der Waals surface area contributed by atoms with Gasteiger partial charge in [0.2, 0.25) is 5.91 Å². The Hall–Kier alpha value is -1.84. The normalized spacial score (nSPS) is 9.76. The minimum absolute atomic E-state index is 0.0335. The molecule has 0 aliphatic rings. The fraction of sp³-hybridized carbons (Fsp3) is 0.385. The molecule has 0 aliphatic heterocycles. The van der Waals surface area contributed by atoms with Crippen LogP contribution in [-0.2, 0) is 9.53 Å². The van der Waals surface area contributed by atoms with Crippen LogP contribution in [-0.4, -0.2) is 19.0 Å². The maximum atomic E-state index is 11.5. The van der Waals surface area contributed by atoms with Gasteiger partial charge in [-0.1, -0.05) is 19.4 Å². The zero-order valence-electron chi connectivity index (χ0n) is 10.2. The Morgan fingerprint density at radius 1 is 1.35 bits per heavy atom. The topological polar surface area (TPSA) is 55.4 Å². The van der Waals surface area contributed by atoms with Crippen molar-refractivity contribution in [2.75, 3.05) is 12.4 Å². The predicted molar refractivity (Wildman–Crippen MR) is 65.9 cm³/mol. The summed E-state index contributed by atoms with van der Waals surface area (Å²) in [5, 5.41) is 2.75. The van der Waals surface area contributed by atoms with E-state index in [1.165, 1.54) is 7.11 Å². The number of hydrogen-bond donors (Lipinski definition) is 1. The van der Waals surface area contributed by atoms with Gasteiger partial charge < -0.3 is 10.1 Å². The van der Waals surface area contributed by atoms with E-state index in [0.717, 1.165) is 12.8 Å². The summed E-state index contributed by atoms with van der Waals surface area (Å²) < 4.78 is 4.61.